The maximum Gasteiger partial charge on any atom is 0.323 e. The fourth-order valence-corrected chi connectivity index (χ4v) is 1.77. The van der Waals surface area contributed by atoms with Gasteiger partial charge in [-0.15, -0.1) is 6.58 Å². The molecule has 0 aromatic rings. The normalized spacial score (nSPS) is 10.5. The number of ether oxygens (including phenoxy) is 2. The van der Waals surface area contributed by atoms with Gasteiger partial charge in [-0.1, -0.05) is 30.4 Å². The summed E-state index contributed by atoms with van der Waals surface area (Å²) in [5, 5.41) is 0. The zero-order valence-corrected chi connectivity index (χ0v) is 12.0. The van der Waals surface area contributed by atoms with Crippen LogP contribution in [-0.2, 0) is 19.1 Å². The van der Waals surface area contributed by atoms with Gasteiger partial charge in [-0.25, -0.2) is 0 Å². The molecule has 0 radical (unpaired) electrons. The molecule has 0 rings (SSSR count). The van der Waals surface area contributed by atoms with Crippen LogP contribution in [0.3, 0.4) is 0 Å². The van der Waals surface area contributed by atoms with Gasteiger partial charge >= 0.3 is 11.9 Å². The number of allylic oxidation sites excluding steroid dienone is 3. The zero-order chi connectivity index (χ0) is 15.1. The first-order valence-corrected chi connectivity index (χ1v) is 5.97. The van der Waals surface area contributed by atoms with Crippen LogP contribution in [-0.4, -0.2) is 26.2 Å². The quantitative estimate of drug-likeness (QED) is 0.293. The summed E-state index contributed by atoms with van der Waals surface area (Å²) in [6, 6.07) is 0. The highest BCUT2D eigenvalue weighted by molar-refractivity contribution is 6.00. The van der Waals surface area contributed by atoms with Crippen LogP contribution in [0.2, 0.25) is 0 Å². The maximum atomic E-state index is 12.1. The molecule has 0 bridgehead atoms. The molecule has 4 nitrogen and oxygen atoms in total. The number of esters is 2. The Bertz CT molecular complexity index is 377. The molecule has 0 aliphatic heterocycles. The molecular weight excluding hydrogens is 244 g/mol. The van der Waals surface area contributed by atoms with Gasteiger partial charge in [-0.3, -0.25) is 9.59 Å². The van der Waals surface area contributed by atoms with Crippen molar-refractivity contribution in [1.82, 2.24) is 0 Å². The summed E-state index contributed by atoms with van der Waals surface area (Å²) in [6.07, 6.45) is 2.54. The largest absolute Gasteiger partial charge is 0.468 e. The lowest BCUT2D eigenvalue weighted by Gasteiger charge is -2.28. The molecule has 4 heteroatoms. The van der Waals surface area contributed by atoms with E-state index in [9.17, 15) is 9.59 Å². The summed E-state index contributed by atoms with van der Waals surface area (Å²) in [5.41, 5.74) is -0.0380. The van der Waals surface area contributed by atoms with Crippen LogP contribution in [0.4, 0.5) is 0 Å². The van der Waals surface area contributed by atoms with E-state index in [-0.39, 0.29) is 12.8 Å². The molecule has 0 saturated heterocycles. The topological polar surface area (TPSA) is 52.6 Å². The summed E-state index contributed by atoms with van der Waals surface area (Å²) >= 11 is 0. The van der Waals surface area contributed by atoms with E-state index in [2.05, 4.69) is 19.7 Å². The second-order valence-electron chi connectivity index (χ2n) is 4.45. The minimum atomic E-state index is -1.38. The Labute approximate surface area is 114 Å². The van der Waals surface area contributed by atoms with Crippen molar-refractivity contribution >= 4 is 11.9 Å². The molecule has 0 fully saturated rings. The predicted molar refractivity (Wildman–Crippen MR) is 74.5 cm³/mol. The van der Waals surface area contributed by atoms with Crippen molar-refractivity contribution in [3.63, 3.8) is 0 Å². The van der Waals surface area contributed by atoms with E-state index in [1.165, 1.54) is 14.2 Å². The van der Waals surface area contributed by atoms with Crippen LogP contribution in [0, 0.1) is 5.41 Å². The summed E-state index contributed by atoms with van der Waals surface area (Å²) in [6.45, 7) is 13.0. The molecule has 0 atom stereocenters. The minimum Gasteiger partial charge on any atom is -0.468 e. The highest BCUT2D eigenvalue weighted by Crippen LogP contribution is 2.36. The second kappa shape index (κ2) is 7.56. The van der Waals surface area contributed by atoms with Crippen molar-refractivity contribution in [2.45, 2.75) is 26.2 Å². The third kappa shape index (κ3) is 4.09. The molecule has 0 aromatic heterocycles. The average molecular weight is 266 g/mol. The van der Waals surface area contributed by atoms with E-state index in [4.69, 9.17) is 9.47 Å². The molecule has 106 valence electrons. The second-order valence-corrected chi connectivity index (χ2v) is 4.45. The van der Waals surface area contributed by atoms with Crippen LogP contribution in [0.25, 0.3) is 0 Å². The van der Waals surface area contributed by atoms with Gasteiger partial charge < -0.3 is 9.47 Å². The highest BCUT2D eigenvalue weighted by Gasteiger charge is 2.47. The summed E-state index contributed by atoms with van der Waals surface area (Å²) < 4.78 is 9.54. The number of carbonyl (C=O) groups excluding carboxylic acids is 2. The van der Waals surface area contributed by atoms with Crippen LogP contribution in [0.15, 0.2) is 37.0 Å². The first-order chi connectivity index (χ1) is 8.85. The molecule has 0 amide bonds. The number of methoxy groups -OCH3 is 2. The average Bonchev–Trinajstić information content (AvgIpc) is 2.41. The van der Waals surface area contributed by atoms with Gasteiger partial charge in [0.1, 0.15) is 0 Å². The molecule has 0 N–H and O–H groups in total. The van der Waals surface area contributed by atoms with E-state index >= 15 is 0 Å². The number of hydrogen-bond donors (Lipinski definition) is 0. The molecule has 0 saturated carbocycles. The molecular formula is C15H22O4. The maximum absolute atomic E-state index is 12.1. The lowest BCUT2D eigenvalue weighted by molar-refractivity contribution is -0.169. The third-order valence-electron chi connectivity index (χ3n) is 3.05. The first-order valence-electron chi connectivity index (χ1n) is 5.97. The summed E-state index contributed by atoms with van der Waals surface area (Å²) in [5.74, 6) is -1.24. The van der Waals surface area contributed by atoms with Crippen LogP contribution < -0.4 is 0 Å². The Morgan fingerprint density at radius 2 is 1.63 bits per heavy atom. The minimum absolute atomic E-state index is 0.134. The smallest absolute Gasteiger partial charge is 0.323 e. The number of hydrogen-bond acceptors (Lipinski definition) is 4. The van der Waals surface area contributed by atoms with Crippen LogP contribution in [0.1, 0.15) is 26.2 Å². The van der Waals surface area contributed by atoms with Crippen molar-refractivity contribution in [2.75, 3.05) is 14.2 Å². The van der Waals surface area contributed by atoms with Crippen LogP contribution in [0.5, 0.6) is 0 Å². The summed E-state index contributed by atoms with van der Waals surface area (Å²) in [7, 11) is 2.49. The van der Waals surface area contributed by atoms with E-state index in [0.29, 0.717) is 12.0 Å². The lowest BCUT2D eigenvalue weighted by Crippen LogP contribution is -2.41. The van der Waals surface area contributed by atoms with E-state index < -0.39 is 17.4 Å². The predicted octanol–water partition coefficient (Wildman–Crippen LogP) is 2.81. The van der Waals surface area contributed by atoms with Gasteiger partial charge in [0.25, 0.3) is 0 Å². The fourth-order valence-electron chi connectivity index (χ4n) is 1.77. The molecule has 0 aliphatic carbocycles. The Hall–Kier alpha value is -1.84. The molecule has 0 unspecified atom stereocenters. The van der Waals surface area contributed by atoms with Crippen molar-refractivity contribution in [3.8, 4) is 0 Å². The Balaban J connectivity index is 5.53. The van der Waals surface area contributed by atoms with E-state index in [1.54, 1.807) is 13.0 Å². The van der Waals surface area contributed by atoms with Crippen molar-refractivity contribution < 1.29 is 19.1 Å². The Morgan fingerprint density at radius 1 is 1.16 bits per heavy atom. The monoisotopic (exact) mass is 266 g/mol. The lowest BCUT2D eigenvalue weighted by atomic mass is 9.76. The molecule has 0 aliphatic rings. The Morgan fingerprint density at radius 3 is 1.95 bits per heavy atom. The summed E-state index contributed by atoms with van der Waals surface area (Å²) in [4.78, 5) is 24.1. The van der Waals surface area contributed by atoms with E-state index in [1.807, 2.05) is 0 Å². The van der Waals surface area contributed by atoms with Gasteiger partial charge in [0, 0.05) is 0 Å². The van der Waals surface area contributed by atoms with Crippen molar-refractivity contribution in [1.29, 1.82) is 0 Å². The van der Waals surface area contributed by atoms with Crippen molar-refractivity contribution in [2.24, 2.45) is 5.41 Å². The van der Waals surface area contributed by atoms with Gasteiger partial charge in [0.2, 0.25) is 0 Å². The van der Waals surface area contributed by atoms with E-state index in [0.717, 1.165) is 5.57 Å². The van der Waals surface area contributed by atoms with Gasteiger partial charge in [-0.2, -0.15) is 0 Å². The number of carbonyl (C=O) groups is 2. The number of rotatable bonds is 8. The SMILES string of the molecule is C=CCCC(CC(=C)C(=C)C)(C(=O)OC)C(=O)OC. The molecule has 0 heterocycles. The molecule has 0 aromatic carbocycles. The molecule has 0 spiro atoms. The fraction of sp³-hybridized carbons (Fsp3) is 0.467. The Kier molecular flexibility index (Phi) is 6.83. The zero-order valence-electron chi connectivity index (χ0n) is 12.0. The van der Waals surface area contributed by atoms with Gasteiger partial charge in [0.15, 0.2) is 5.41 Å². The first kappa shape index (κ1) is 17.2. The highest BCUT2D eigenvalue weighted by atomic mass is 16.5. The van der Waals surface area contributed by atoms with Gasteiger partial charge in [0.05, 0.1) is 14.2 Å². The standard InChI is InChI=1S/C15H22O4/c1-7-8-9-15(13(16)18-5,14(17)19-6)10-12(4)11(2)3/h7H,1-2,4,8-10H2,3,5-6H3. The molecule has 19 heavy (non-hydrogen) atoms. The van der Waals surface area contributed by atoms with Crippen molar-refractivity contribution in [3.05, 3.63) is 37.0 Å². The third-order valence-corrected chi connectivity index (χ3v) is 3.05. The van der Waals surface area contributed by atoms with Crippen LogP contribution >= 0.6 is 0 Å². The van der Waals surface area contributed by atoms with Gasteiger partial charge in [-0.05, 0) is 26.2 Å².